The Balaban J connectivity index is 2.40. The lowest BCUT2D eigenvalue weighted by Gasteiger charge is -2.09. The molecule has 0 bridgehead atoms. The third-order valence-electron chi connectivity index (χ3n) is 2.28. The van der Waals surface area contributed by atoms with Gasteiger partial charge in [-0.3, -0.25) is 0 Å². The number of nitrogens with two attached hydrogens (primary N) is 1. The van der Waals surface area contributed by atoms with Crippen LogP contribution in [0.5, 0.6) is 5.75 Å². The van der Waals surface area contributed by atoms with Crippen LogP contribution in [0, 0.1) is 0 Å². The Morgan fingerprint density at radius 1 is 1.24 bits per heavy atom. The molecule has 96 valence electrons. The largest absolute Gasteiger partial charge is 0.491 e. The molecule has 0 amide bonds. The van der Waals surface area contributed by atoms with Gasteiger partial charge in [-0.05, 0) is 43.1 Å². The molecule has 17 heavy (non-hydrogen) atoms. The summed E-state index contributed by atoms with van der Waals surface area (Å²) in [7, 11) is 0. The van der Waals surface area contributed by atoms with E-state index in [9.17, 15) is 0 Å². The fourth-order valence-electron chi connectivity index (χ4n) is 1.45. The molecule has 0 fully saturated rings. The Bertz CT molecular complexity index is 331. The van der Waals surface area contributed by atoms with Gasteiger partial charge in [0.05, 0.1) is 6.61 Å². The molecule has 1 aromatic rings. The smallest absolute Gasteiger partial charge is 0.119 e. The van der Waals surface area contributed by atoms with Crippen molar-refractivity contribution in [1.29, 1.82) is 0 Å². The first-order valence-electron chi connectivity index (χ1n) is 5.97. The number of benzene rings is 1. The topological polar surface area (TPSA) is 44.5 Å². The van der Waals surface area contributed by atoms with Crippen LogP contribution in [0.15, 0.2) is 22.7 Å². The molecule has 2 N–H and O–H groups in total. The lowest BCUT2D eigenvalue weighted by Crippen LogP contribution is -2.08. The minimum absolute atomic E-state index is 0.587. The third kappa shape index (κ3) is 5.52. The molecule has 0 unspecified atom stereocenters. The van der Waals surface area contributed by atoms with Crippen LogP contribution in [0.4, 0.5) is 0 Å². The molecule has 3 nitrogen and oxygen atoms in total. The van der Waals surface area contributed by atoms with Crippen molar-refractivity contribution in [3.8, 4) is 5.75 Å². The molecule has 0 aliphatic rings. The molecule has 0 aromatic heterocycles. The zero-order valence-corrected chi connectivity index (χ0v) is 11.8. The van der Waals surface area contributed by atoms with Gasteiger partial charge in [-0.25, -0.2) is 0 Å². The van der Waals surface area contributed by atoms with Gasteiger partial charge in [0.1, 0.15) is 12.4 Å². The highest BCUT2D eigenvalue weighted by molar-refractivity contribution is 9.10. The summed E-state index contributed by atoms with van der Waals surface area (Å²) in [5.41, 5.74) is 6.73. The van der Waals surface area contributed by atoms with Gasteiger partial charge in [0, 0.05) is 11.1 Å². The van der Waals surface area contributed by atoms with Gasteiger partial charge in [0.25, 0.3) is 0 Å². The van der Waals surface area contributed by atoms with Crippen molar-refractivity contribution in [2.24, 2.45) is 5.73 Å². The van der Waals surface area contributed by atoms with Crippen LogP contribution in [0.25, 0.3) is 0 Å². The van der Waals surface area contributed by atoms with Crippen LogP contribution in [-0.4, -0.2) is 26.4 Å². The van der Waals surface area contributed by atoms with Crippen LogP contribution in [0.3, 0.4) is 0 Å². The van der Waals surface area contributed by atoms with E-state index in [0.29, 0.717) is 19.8 Å². The molecule has 1 aromatic carbocycles. The number of hydrogen-bond acceptors (Lipinski definition) is 3. The van der Waals surface area contributed by atoms with Gasteiger partial charge in [0.2, 0.25) is 0 Å². The van der Waals surface area contributed by atoms with Crippen LogP contribution >= 0.6 is 15.9 Å². The highest BCUT2D eigenvalue weighted by atomic mass is 79.9. The first kappa shape index (κ1) is 14.5. The Morgan fingerprint density at radius 2 is 2.06 bits per heavy atom. The van der Waals surface area contributed by atoms with E-state index in [0.717, 1.165) is 29.7 Å². The zero-order valence-electron chi connectivity index (χ0n) is 10.2. The van der Waals surface area contributed by atoms with Gasteiger partial charge in [-0.15, -0.1) is 0 Å². The molecule has 0 aliphatic carbocycles. The van der Waals surface area contributed by atoms with E-state index in [4.69, 9.17) is 15.2 Å². The van der Waals surface area contributed by atoms with Gasteiger partial charge >= 0.3 is 0 Å². The Labute approximate surface area is 111 Å². The zero-order chi connectivity index (χ0) is 12.5. The van der Waals surface area contributed by atoms with E-state index in [1.807, 2.05) is 18.2 Å². The van der Waals surface area contributed by atoms with Crippen molar-refractivity contribution >= 4 is 15.9 Å². The van der Waals surface area contributed by atoms with E-state index in [1.54, 1.807) is 0 Å². The molecular weight excluding hydrogens is 282 g/mol. The number of rotatable bonds is 8. The maximum absolute atomic E-state index is 5.61. The second-order valence-corrected chi connectivity index (χ2v) is 4.61. The summed E-state index contributed by atoms with van der Waals surface area (Å²) >= 11 is 3.50. The summed E-state index contributed by atoms with van der Waals surface area (Å²) in [4.78, 5) is 0. The fourth-order valence-corrected chi connectivity index (χ4v) is 1.90. The molecule has 0 radical (unpaired) electrons. The monoisotopic (exact) mass is 301 g/mol. The first-order chi connectivity index (χ1) is 8.27. The van der Waals surface area contributed by atoms with E-state index in [1.165, 1.54) is 5.56 Å². The summed E-state index contributed by atoms with van der Waals surface area (Å²) in [5.74, 6) is 0.872. The predicted molar refractivity (Wildman–Crippen MR) is 73.5 cm³/mol. The van der Waals surface area contributed by atoms with Crippen LogP contribution < -0.4 is 10.5 Å². The highest BCUT2D eigenvalue weighted by Crippen LogP contribution is 2.22. The van der Waals surface area contributed by atoms with Gasteiger partial charge in [-0.2, -0.15) is 0 Å². The lowest BCUT2D eigenvalue weighted by atomic mass is 10.1. The normalized spacial score (nSPS) is 10.5. The quantitative estimate of drug-likeness (QED) is 0.751. The summed E-state index contributed by atoms with van der Waals surface area (Å²) in [6.45, 7) is 4.75. The molecule has 0 heterocycles. The van der Waals surface area contributed by atoms with E-state index >= 15 is 0 Å². The minimum Gasteiger partial charge on any atom is -0.491 e. The highest BCUT2D eigenvalue weighted by Gasteiger charge is 2.01. The second kappa shape index (κ2) is 8.50. The Morgan fingerprint density at radius 3 is 2.76 bits per heavy atom. The number of halogens is 1. The number of ether oxygens (including phenoxy) is 2. The van der Waals surface area contributed by atoms with Crippen molar-refractivity contribution in [3.05, 3.63) is 28.2 Å². The third-order valence-corrected chi connectivity index (χ3v) is 3.05. The van der Waals surface area contributed by atoms with Crippen molar-refractivity contribution in [3.63, 3.8) is 0 Å². The summed E-state index contributed by atoms with van der Waals surface area (Å²) in [5, 5.41) is 0. The van der Waals surface area contributed by atoms with Gasteiger partial charge in [0.15, 0.2) is 0 Å². The lowest BCUT2D eigenvalue weighted by molar-refractivity contribution is 0.101. The maximum atomic E-state index is 5.61. The molecule has 0 saturated heterocycles. The van der Waals surface area contributed by atoms with Crippen LogP contribution in [-0.2, 0) is 11.2 Å². The van der Waals surface area contributed by atoms with E-state index < -0.39 is 0 Å². The first-order valence-corrected chi connectivity index (χ1v) is 6.76. The fraction of sp³-hybridized carbons (Fsp3) is 0.538. The average Bonchev–Trinajstić information content (AvgIpc) is 2.33. The minimum atomic E-state index is 0.587. The van der Waals surface area contributed by atoms with E-state index in [-0.39, 0.29) is 0 Å². The molecular formula is C13H20BrNO2. The number of hydrogen-bond donors (Lipinski definition) is 1. The van der Waals surface area contributed by atoms with Crippen molar-refractivity contribution in [1.82, 2.24) is 0 Å². The summed E-state index contributed by atoms with van der Waals surface area (Å²) < 4.78 is 12.0. The Hall–Kier alpha value is -0.580. The summed E-state index contributed by atoms with van der Waals surface area (Å²) in [6, 6.07) is 5.97. The predicted octanol–water partition coefficient (Wildman–Crippen LogP) is 2.76. The van der Waals surface area contributed by atoms with Crippen molar-refractivity contribution in [2.75, 3.05) is 26.4 Å². The summed E-state index contributed by atoms with van der Waals surface area (Å²) in [6.07, 6.45) is 1.89. The van der Waals surface area contributed by atoms with Gasteiger partial charge in [-0.1, -0.05) is 22.9 Å². The molecule has 4 heteroatoms. The maximum Gasteiger partial charge on any atom is 0.119 e. The van der Waals surface area contributed by atoms with Crippen LogP contribution in [0.2, 0.25) is 0 Å². The SMILES string of the molecule is CCCOCCOc1ccc(Br)c(CCN)c1. The average molecular weight is 302 g/mol. The molecule has 0 spiro atoms. The molecule has 1 rings (SSSR count). The molecule has 0 aliphatic heterocycles. The second-order valence-electron chi connectivity index (χ2n) is 3.75. The van der Waals surface area contributed by atoms with Crippen molar-refractivity contribution < 1.29 is 9.47 Å². The molecule has 0 atom stereocenters. The van der Waals surface area contributed by atoms with Crippen molar-refractivity contribution in [2.45, 2.75) is 19.8 Å². The Kier molecular flexibility index (Phi) is 7.24. The molecule has 0 saturated carbocycles. The van der Waals surface area contributed by atoms with Gasteiger partial charge < -0.3 is 15.2 Å². The van der Waals surface area contributed by atoms with E-state index in [2.05, 4.69) is 22.9 Å². The standard InChI is InChI=1S/C13H20BrNO2/c1-2-7-16-8-9-17-12-3-4-13(14)11(10-12)5-6-15/h3-4,10H,2,5-9,15H2,1H3. The van der Waals surface area contributed by atoms with Crippen LogP contribution in [0.1, 0.15) is 18.9 Å².